The first kappa shape index (κ1) is 22.9. The van der Waals surface area contributed by atoms with E-state index in [2.05, 4.69) is 15.5 Å². The Kier molecular flexibility index (Phi) is 6.84. The molecule has 0 aliphatic rings. The zero-order chi connectivity index (χ0) is 24.1. The molecule has 34 heavy (non-hydrogen) atoms. The van der Waals surface area contributed by atoms with Crippen LogP contribution < -0.4 is 10.9 Å². The Morgan fingerprint density at radius 1 is 1.12 bits per heavy atom. The van der Waals surface area contributed by atoms with E-state index in [4.69, 9.17) is 20.9 Å². The molecule has 0 aliphatic carbocycles. The lowest BCUT2D eigenvalue weighted by Gasteiger charge is -2.09. The van der Waals surface area contributed by atoms with Crippen molar-refractivity contribution >= 4 is 29.2 Å². The van der Waals surface area contributed by atoms with Crippen LogP contribution in [0.25, 0.3) is 22.8 Å². The van der Waals surface area contributed by atoms with Crippen LogP contribution in [0.1, 0.15) is 17.3 Å². The minimum atomic E-state index is -0.486. The molecule has 172 valence electrons. The fraction of sp³-hybridized carbons (Fsp3) is 0.125. The number of anilines is 1. The van der Waals surface area contributed by atoms with Gasteiger partial charge in [-0.25, -0.2) is 4.79 Å². The highest BCUT2D eigenvalue weighted by Crippen LogP contribution is 2.21. The van der Waals surface area contributed by atoms with Gasteiger partial charge in [0.05, 0.1) is 12.2 Å². The second-order valence-corrected chi connectivity index (χ2v) is 7.57. The van der Waals surface area contributed by atoms with Crippen molar-refractivity contribution in [2.45, 2.75) is 13.5 Å². The van der Waals surface area contributed by atoms with Crippen LogP contribution in [0.3, 0.4) is 0 Å². The van der Waals surface area contributed by atoms with Gasteiger partial charge in [-0.3, -0.25) is 9.59 Å². The second-order valence-electron chi connectivity index (χ2n) is 7.13. The number of ether oxygens (including phenoxy) is 1. The van der Waals surface area contributed by atoms with Crippen molar-refractivity contribution in [2.24, 2.45) is 0 Å². The zero-order valence-electron chi connectivity index (χ0n) is 18.0. The van der Waals surface area contributed by atoms with Crippen molar-refractivity contribution in [3.8, 4) is 22.8 Å². The number of nitrogens with one attached hydrogen (secondary N) is 1. The molecule has 4 aromatic rings. The number of amides is 1. The number of esters is 1. The van der Waals surface area contributed by atoms with Gasteiger partial charge in [0.25, 0.3) is 11.4 Å². The zero-order valence-corrected chi connectivity index (χ0v) is 18.8. The van der Waals surface area contributed by atoms with Crippen molar-refractivity contribution in [3.05, 3.63) is 87.8 Å². The number of aromatic nitrogens is 3. The summed E-state index contributed by atoms with van der Waals surface area (Å²) in [6, 6.07) is 16.4. The molecule has 9 nitrogen and oxygen atoms in total. The third-order valence-corrected chi connectivity index (χ3v) is 5.00. The predicted molar refractivity (Wildman–Crippen MR) is 125 cm³/mol. The van der Waals surface area contributed by atoms with Gasteiger partial charge in [-0.05, 0) is 61.5 Å². The Balaban J connectivity index is 1.50. The van der Waals surface area contributed by atoms with Gasteiger partial charge in [-0.2, -0.15) is 4.98 Å². The molecule has 1 N–H and O–H groups in total. The molecule has 2 aromatic heterocycles. The summed E-state index contributed by atoms with van der Waals surface area (Å²) in [6.07, 6.45) is 1.48. The highest BCUT2D eigenvalue weighted by Gasteiger charge is 2.16. The molecule has 0 unspecified atom stereocenters. The van der Waals surface area contributed by atoms with Gasteiger partial charge in [-0.15, -0.1) is 0 Å². The lowest BCUT2D eigenvalue weighted by molar-refractivity contribution is -0.116. The van der Waals surface area contributed by atoms with Gasteiger partial charge in [0, 0.05) is 22.5 Å². The number of pyridine rings is 1. The van der Waals surface area contributed by atoms with E-state index in [0.29, 0.717) is 27.7 Å². The van der Waals surface area contributed by atoms with Gasteiger partial charge in [0.1, 0.15) is 12.1 Å². The first-order valence-corrected chi connectivity index (χ1v) is 10.7. The first-order chi connectivity index (χ1) is 16.4. The summed E-state index contributed by atoms with van der Waals surface area (Å²) in [4.78, 5) is 41.7. The maximum atomic E-state index is 12.9. The Bertz CT molecular complexity index is 1400. The third kappa shape index (κ3) is 5.21. The average Bonchev–Trinajstić information content (AvgIpc) is 3.31. The maximum Gasteiger partial charge on any atom is 0.338 e. The van der Waals surface area contributed by atoms with E-state index >= 15 is 0 Å². The number of carbonyl (C=O) groups excluding carboxylic acids is 2. The molecule has 0 bridgehead atoms. The molecule has 0 fully saturated rings. The number of halogens is 1. The summed E-state index contributed by atoms with van der Waals surface area (Å²) in [5, 5.41) is 7.17. The Hall–Kier alpha value is -4.24. The quantitative estimate of drug-likeness (QED) is 0.398. The summed E-state index contributed by atoms with van der Waals surface area (Å²) in [7, 11) is 0. The summed E-state index contributed by atoms with van der Waals surface area (Å²) in [5.74, 6) is -0.597. The van der Waals surface area contributed by atoms with E-state index in [1.807, 2.05) is 0 Å². The van der Waals surface area contributed by atoms with Crippen LogP contribution in [0.2, 0.25) is 5.02 Å². The van der Waals surface area contributed by atoms with Crippen molar-refractivity contribution < 1.29 is 18.8 Å². The molecule has 1 amide bonds. The van der Waals surface area contributed by atoms with E-state index in [1.54, 1.807) is 61.5 Å². The second kappa shape index (κ2) is 10.1. The van der Waals surface area contributed by atoms with Crippen LogP contribution in [0.5, 0.6) is 0 Å². The fourth-order valence-corrected chi connectivity index (χ4v) is 3.29. The molecular weight excluding hydrogens is 460 g/mol. The smallest absolute Gasteiger partial charge is 0.338 e. The molecule has 0 spiro atoms. The van der Waals surface area contributed by atoms with Gasteiger partial charge in [0.15, 0.2) is 0 Å². The Morgan fingerprint density at radius 2 is 1.91 bits per heavy atom. The number of hydrogen-bond donors (Lipinski definition) is 1. The molecule has 0 atom stereocenters. The van der Waals surface area contributed by atoms with E-state index in [1.165, 1.54) is 16.8 Å². The fourth-order valence-electron chi connectivity index (χ4n) is 3.17. The SMILES string of the molecule is CCOC(=O)c1cccc(NC(=O)Cn2cccc(-c3nc(-c4ccc(Cl)cc4)no3)c2=O)c1. The number of rotatable bonds is 7. The van der Waals surface area contributed by atoms with Crippen molar-refractivity contribution in [3.63, 3.8) is 0 Å². The largest absolute Gasteiger partial charge is 0.462 e. The minimum Gasteiger partial charge on any atom is -0.462 e. The highest BCUT2D eigenvalue weighted by molar-refractivity contribution is 6.30. The lowest BCUT2D eigenvalue weighted by atomic mass is 10.2. The molecule has 0 saturated carbocycles. The normalized spacial score (nSPS) is 10.6. The number of carbonyl (C=O) groups is 2. The lowest BCUT2D eigenvalue weighted by Crippen LogP contribution is -2.28. The summed E-state index contributed by atoms with van der Waals surface area (Å²) < 4.78 is 11.5. The molecular formula is C24H19ClN4O5. The summed E-state index contributed by atoms with van der Waals surface area (Å²) in [6.45, 7) is 1.70. The van der Waals surface area contributed by atoms with Crippen LogP contribution in [0.15, 0.2) is 76.2 Å². The van der Waals surface area contributed by atoms with Gasteiger partial charge in [-0.1, -0.05) is 22.8 Å². The van der Waals surface area contributed by atoms with Crippen molar-refractivity contribution in [1.29, 1.82) is 0 Å². The van der Waals surface area contributed by atoms with Crippen LogP contribution in [-0.2, 0) is 16.1 Å². The number of nitrogens with zero attached hydrogens (tertiary/aromatic N) is 3. The van der Waals surface area contributed by atoms with Crippen LogP contribution in [-0.4, -0.2) is 33.2 Å². The topological polar surface area (TPSA) is 116 Å². The highest BCUT2D eigenvalue weighted by atomic mass is 35.5. The first-order valence-electron chi connectivity index (χ1n) is 10.3. The molecule has 0 aliphatic heterocycles. The average molecular weight is 479 g/mol. The van der Waals surface area contributed by atoms with Gasteiger partial charge >= 0.3 is 5.97 Å². The Morgan fingerprint density at radius 3 is 2.68 bits per heavy atom. The van der Waals surface area contributed by atoms with E-state index in [0.717, 1.165) is 0 Å². The van der Waals surface area contributed by atoms with Crippen molar-refractivity contribution in [2.75, 3.05) is 11.9 Å². The van der Waals surface area contributed by atoms with Crippen LogP contribution in [0.4, 0.5) is 5.69 Å². The number of benzene rings is 2. The Labute approximate surface area is 198 Å². The van der Waals surface area contributed by atoms with E-state index in [-0.39, 0.29) is 24.6 Å². The van der Waals surface area contributed by atoms with Crippen LogP contribution in [0, 0.1) is 0 Å². The molecule has 2 aromatic carbocycles. The minimum absolute atomic E-state index is 0.0341. The van der Waals surface area contributed by atoms with Gasteiger partial charge in [0.2, 0.25) is 11.7 Å². The van der Waals surface area contributed by atoms with Crippen LogP contribution >= 0.6 is 11.6 Å². The maximum absolute atomic E-state index is 12.9. The molecule has 0 saturated heterocycles. The van der Waals surface area contributed by atoms with Gasteiger partial charge < -0.3 is 19.1 Å². The summed E-state index contributed by atoms with van der Waals surface area (Å²) >= 11 is 5.90. The number of hydrogen-bond acceptors (Lipinski definition) is 7. The predicted octanol–water partition coefficient (Wildman–Crippen LogP) is 4.03. The van der Waals surface area contributed by atoms with E-state index in [9.17, 15) is 14.4 Å². The summed E-state index contributed by atoms with van der Waals surface area (Å²) in [5.41, 5.74) is 1.09. The third-order valence-electron chi connectivity index (χ3n) is 4.75. The monoisotopic (exact) mass is 478 g/mol. The molecule has 4 rings (SSSR count). The molecule has 10 heteroatoms. The molecule has 0 radical (unpaired) electrons. The molecule has 2 heterocycles. The standard InChI is InChI=1S/C24H19ClN4O5/c1-2-33-24(32)16-5-3-6-18(13-16)26-20(30)14-29-12-4-7-19(23(29)31)22-27-21(28-34-22)15-8-10-17(25)11-9-15/h3-13H,2,14H2,1H3,(H,26,30). The van der Waals surface area contributed by atoms with Crippen molar-refractivity contribution in [1.82, 2.24) is 14.7 Å². The van der Waals surface area contributed by atoms with E-state index < -0.39 is 17.4 Å².